The van der Waals surface area contributed by atoms with E-state index < -0.39 is 0 Å². The normalized spacial score (nSPS) is 59.6. The van der Waals surface area contributed by atoms with Gasteiger partial charge in [0, 0.05) is 0 Å². The molecule has 0 saturated heterocycles. The Morgan fingerprint density at radius 1 is 1.19 bits per heavy atom. The second-order valence-corrected chi connectivity index (χ2v) is 7.36. The van der Waals surface area contributed by atoms with Crippen LogP contribution in [0.3, 0.4) is 0 Å². The zero-order valence-corrected chi connectivity index (χ0v) is 11.2. The van der Waals surface area contributed by atoms with Crippen molar-refractivity contribution >= 4 is 0 Å². The summed E-state index contributed by atoms with van der Waals surface area (Å²) in [7, 11) is 0. The van der Waals surface area contributed by atoms with Gasteiger partial charge >= 0.3 is 0 Å². The second kappa shape index (κ2) is 3.04. The molecule has 3 saturated carbocycles. The van der Waals surface area contributed by atoms with Gasteiger partial charge in [0.05, 0.1) is 5.60 Å². The Morgan fingerprint density at radius 3 is 2.50 bits per heavy atom. The minimum Gasteiger partial charge on any atom is -0.390 e. The third-order valence-electron chi connectivity index (χ3n) is 6.35. The first kappa shape index (κ1) is 11.1. The second-order valence-electron chi connectivity index (χ2n) is 7.36. The number of hydrogen-bond acceptors (Lipinski definition) is 1. The van der Waals surface area contributed by atoms with Crippen LogP contribution < -0.4 is 0 Å². The maximum Gasteiger partial charge on any atom is 0.0656 e. The van der Waals surface area contributed by atoms with Crippen LogP contribution in [0.25, 0.3) is 0 Å². The van der Waals surface area contributed by atoms with Gasteiger partial charge in [-0.05, 0) is 67.6 Å². The van der Waals surface area contributed by atoms with E-state index in [4.69, 9.17) is 0 Å². The van der Waals surface area contributed by atoms with Gasteiger partial charge in [0.25, 0.3) is 0 Å². The Balaban J connectivity index is 1.92. The standard InChI is InChI=1S/C15H26O/c1-9(2)11-6-5-10(3)15-8-7-14(4,16)13(15)12(11)15/h9-13,16H,5-8H2,1-4H3/t10-,11-,12+,13+,14+,15-/m0/s1. The molecule has 0 amide bonds. The van der Waals surface area contributed by atoms with Crippen LogP contribution in [0.1, 0.15) is 53.4 Å². The Morgan fingerprint density at radius 2 is 1.88 bits per heavy atom. The average molecular weight is 222 g/mol. The lowest BCUT2D eigenvalue weighted by Crippen LogP contribution is -2.30. The van der Waals surface area contributed by atoms with Crippen LogP contribution >= 0.6 is 0 Å². The van der Waals surface area contributed by atoms with Crippen molar-refractivity contribution in [1.82, 2.24) is 0 Å². The molecule has 1 heteroatoms. The molecule has 0 aromatic rings. The molecule has 3 fully saturated rings. The number of fused-ring (bicyclic) bond motifs is 1. The molecule has 16 heavy (non-hydrogen) atoms. The molecule has 0 radical (unpaired) electrons. The van der Waals surface area contributed by atoms with Gasteiger partial charge in [0.15, 0.2) is 0 Å². The maximum atomic E-state index is 10.5. The van der Waals surface area contributed by atoms with E-state index in [0.717, 1.165) is 30.1 Å². The van der Waals surface area contributed by atoms with Crippen molar-refractivity contribution in [2.75, 3.05) is 0 Å². The summed E-state index contributed by atoms with van der Waals surface area (Å²) in [5.74, 6) is 4.01. The van der Waals surface area contributed by atoms with Crippen molar-refractivity contribution in [1.29, 1.82) is 0 Å². The van der Waals surface area contributed by atoms with E-state index in [1.54, 1.807) is 0 Å². The highest BCUT2D eigenvalue weighted by Crippen LogP contribution is 2.80. The van der Waals surface area contributed by atoms with Gasteiger partial charge in [-0.15, -0.1) is 0 Å². The Labute approximate surface area is 99.6 Å². The summed E-state index contributed by atoms with van der Waals surface area (Å²) in [6, 6.07) is 0. The van der Waals surface area contributed by atoms with Gasteiger partial charge in [0.1, 0.15) is 0 Å². The zero-order chi connectivity index (χ0) is 11.7. The van der Waals surface area contributed by atoms with Crippen LogP contribution in [0.2, 0.25) is 0 Å². The Hall–Kier alpha value is -0.0400. The average Bonchev–Trinajstić information content (AvgIpc) is 2.79. The lowest BCUT2D eigenvalue weighted by molar-refractivity contribution is 0.0291. The van der Waals surface area contributed by atoms with Crippen LogP contribution in [0.5, 0.6) is 0 Å². The van der Waals surface area contributed by atoms with Crippen LogP contribution in [-0.2, 0) is 0 Å². The smallest absolute Gasteiger partial charge is 0.0656 e. The fraction of sp³-hybridized carbons (Fsp3) is 1.00. The molecule has 0 aliphatic heterocycles. The van der Waals surface area contributed by atoms with Crippen molar-refractivity contribution in [3.8, 4) is 0 Å². The largest absolute Gasteiger partial charge is 0.390 e. The molecule has 1 spiro atoms. The summed E-state index contributed by atoms with van der Waals surface area (Å²) in [6.45, 7) is 9.27. The molecule has 0 aromatic heterocycles. The molecule has 6 atom stereocenters. The fourth-order valence-corrected chi connectivity index (χ4v) is 5.57. The first-order valence-electron chi connectivity index (χ1n) is 7.13. The van der Waals surface area contributed by atoms with Gasteiger partial charge in [-0.25, -0.2) is 0 Å². The first-order valence-corrected chi connectivity index (χ1v) is 7.13. The van der Waals surface area contributed by atoms with Crippen LogP contribution in [0, 0.1) is 35.0 Å². The van der Waals surface area contributed by atoms with Crippen LogP contribution in [0.15, 0.2) is 0 Å². The molecule has 3 rings (SSSR count). The van der Waals surface area contributed by atoms with E-state index in [1.807, 2.05) is 0 Å². The predicted octanol–water partition coefficient (Wildman–Crippen LogP) is 3.47. The summed E-state index contributed by atoms with van der Waals surface area (Å²) < 4.78 is 0. The van der Waals surface area contributed by atoms with Crippen LogP contribution in [-0.4, -0.2) is 10.7 Å². The van der Waals surface area contributed by atoms with Crippen LogP contribution in [0.4, 0.5) is 0 Å². The molecule has 0 unspecified atom stereocenters. The lowest BCUT2D eigenvalue weighted by Gasteiger charge is -2.36. The third kappa shape index (κ3) is 1.11. The molecule has 1 N–H and O–H groups in total. The van der Waals surface area contributed by atoms with E-state index in [1.165, 1.54) is 19.3 Å². The molecular formula is C15H26O. The van der Waals surface area contributed by atoms with Gasteiger partial charge in [-0.1, -0.05) is 20.8 Å². The highest BCUT2D eigenvalue weighted by molar-refractivity contribution is 5.26. The monoisotopic (exact) mass is 222 g/mol. The predicted molar refractivity (Wildman–Crippen MR) is 66.0 cm³/mol. The number of rotatable bonds is 1. The fourth-order valence-electron chi connectivity index (χ4n) is 5.57. The molecule has 1 nitrogen and oxygen atoms in total. The molecule has 3 aliphatic rings. The summed E-state index contributed by atoms with van der Waals surface area (Å²) in [4.78, 5) is 0. The maximum absolute atomic E-state index is 10.5. The Bertz CT molecular complexity index is 307. The van der Waals surface area contributed by atoms with Gasteiger partial charge in [0.2, 0.25) is 0 Å². The molecule has 3 aliphatic carbocycles. The minimum atomic E-state index is -0.351. The lowest BCUT2D eigenvalue weighted by atomic mass is 9.69. The highest BCUT2D eigenvalue weighted by atomic mass is 16.3. The highest BCUT2D eigenvalue weighted by Gasteiger charge is 2.77. The summed E-state index contributed by atoms with van der Waals surface area (Å²) in [5.41, 5.74) is 0.201. The molecule has 0 bridgehead atoms. The zero-order valence-electron chi connectivity index (χ0n) is 11.2. The molecular weight excluding hydrogens is 196 g/mol. The van der Waals surface area contributed by atoms with E-state index >= 15 is 0 Å². The van der Waals surface area contributed by atoms with Crippen molar-refractivity contribution in [2.24, 2.45) is 35.0 Å². The molecule has 0 aromatic carbocycles. The summed E-state index contributed by atoms with van der Waals surface area (Å²) >= 11 is 0. The van der Waals surface area contributed by atoms with E-state index in [-0.39, 0.29) is 5.60 Å². The van der Waals surface area contributed by atoms with Gasteiger partial charge in [-0.3, -0.25) is 0 Å². The van der Waals surface area contributed by atoms with Crippen molar-refractivity contribution < 1.29 is 5.11 Å². The molecule has 92 valence electrons. The first-order chi connectivity index (χ1) is 7.41. The summed E-state index contributed by atoms with van der Waals surface area (Å²) in [6.07, 6.45) is 5.13. The van der Waals surface area contributed by atoms with Crippen molar-refractivity contribution in [3.05, 3.63) is 0 Å². The van der Waals surface area contributed by atoms with Crippen molar-refractivity contribution in [3.63, 3.8) is 0 Å². The van der Waals surface area contributed by atoms with E-state index in [2.05, 4.69) is 27.7 Å². The number of aliphatic hydroxyl groups is 1. The van der Waals surface area contributed by atoms with Crippen molar-refractivity contribution in [2.45, 2.75) is 59.0 Å². The SMILES string of the molecule is CC(C)[C@@H]1CC[C@H](C)[C@]23CC[C@@](C)(O)[C@H]2[C@@H]13. The van der Waals surface area contributed by atoms with E-state index in [9.17, 15) is 5.11 Å². The molecule has 0 heterocycles. The summed E-state index contributed by atoms with van der Waals surface area (Å²) in [5, 5.41) is 10.5. The van der Waals surface area contributed by atoms with Gasteiger partial charge in [-0.2, -0.15) is 0 Å². The quantitative estimate of drug-likeness (QED) is 0.720. The van der Waals surface area contributed by atoms with Gasteiger partial charge < -0.3 is 5.11 Å². The Kier molecular flexibility index (Phi) is 2.11. The minimum absolute atomic E-state index is 0.351. The topological polar surface area (TPSA) is 20.2 Å². The third-order valence-corrected chi connectivity index (χ3v) is 6.35. The number of hydrogen-bond donors (Lipinski definition) is 1. The van der Waals surface area contributed by atoms with E-state index in [0.29, 0.717) is 11.3 Å².